The number of halogens is 1. The molecule has 0 aliphatic rings. The van der Waals surface area contributed by atoms with Crippen molar-refractivity contribution in [3.8, 4) is 11.5 Å². The predicted octanol–water partition coefficient (Wildman–Crippen LogP) is 3.45. The standard InChI is InChI=1S/C21H28FN3O2/c1-15-7-8-17(12-18(15)22)14-25-21(23-2)24-11-5-6-16-9-10-19(26-3)20(13-16)27-4/h7-10,12-13H,5-6,11,14H2,1-4H3,(H2,23,24,25). The maximum Gasteiger partial charge on any atom is 0.191 e. The molecule has 0 aliphatic carbocycles. The van der Waals surface area contributed by atoms with Gasteiger partial charge in [0.15, 0.2) is 17.5 Å². The van der Waals surface area contributed by atoms with Crippen molar-refractivity contribution in [1.29, 1.82) is 0 Å². The fourth-order valence-corrected chi connectivity index (χ4v) is 2.69. The number of rotatable bonds is 8. The molecule has 0 unspecified atom stereocenters. The van der Waals surface area contributed by atoms with Gasteiger partial charge in [-0.3, -0.25) is 4.99 Å². The minimum absolute atomic E-state index is 0.188. The molecule has 27 heavy (non-hydrogen) atoms. The first-order chi connectivity index (χ1) is 13.1. The molecule has 0 aromatic heterocycles. The summed E-state index contributed by atoms with van der Waals surface area (Å²) in [6.45, 7) is 3.05. The molecule has 2 rings (SSSR count). The van der Waals surface area contributed by atoms with Gasteiger partial charge in [0.1, 0.15) is 5.82 Å². The van der Waals surface area contributed by atoms with Gasteiger partial charge in [-0.05, 0) is 54.7 Å². The SMILES string of the molecule is CN=C(NCCCc1ccc(OC)c(OC)c1)NCc1ccc(C)c(F)c1. The molecule has 0 spiro atoms. The average molecular weight is 373 g/mol. The molecule has 146 valence electrons. The minimum Gasteiger partial charge on any atom is -0.493 e. The quantitative estimate of drug-likeness (QED) is 0.423. The van der Waals surface area contributed by atoms with Crippen LogP contribution >= 0.6 is 0 Å². The third-order valence-electron chi connectivity index (χ3n) is 4.30. The summed E-state index contributed by atoms with van der Waals surface area (Å²) in [6.07, 6.45) is 1.85. The molecule has 6 heteroatoms. The summed E-state index contributed by atoms with van der Waals surface area (Å²) in [4.78, 5) is 4.20. The fraction of sp³-hybridized carbons (Fsp3) is 0.381. The van der Waals surface area contributed by atoms with Gasteiger partial charge < -0.3 is 20.1 Å². The maximum absolute atomic E-state index is 13.6. The van der Waals surface area contributed by atoms with Gasteiger partial charge >= 0.3 is 0 Å². The first-order valence-corrected chi connectivity index (χ1v) is 8.97. The van der Waals surface area contributed by atoms with E-state index in [2.05, 4.69) is 15.6 Å². The van der Waals surface area contributed by atoms with Crippen molar-refractivity contribution in [2.24, 2.45) is 4.99 Å². The number of guanidine groups is 1. The number of nitrogens with zero attached hydrogens (tertiary/aromatic N) is 1. The molecular formula is C21H28FN3O2. The number of hydrogen-bond acceptors (Lipinski definition) is 3. The molecule has 0 radical (unpaired) electrons. The summed E-state index contributed by atoms with van der Waals surface area (Å²) in [7, 11) is 4.99. The Bertz CT molecular complexity index is 778. The fourth-order valence-electron chi connectivity index (χ4n) is 2.69. The number of benzene rings is 2. The highest BCUT2D eigenvalue weighted by Gasteiger charge is 2.05. The third kappa shape index (κ3) is 6.16. The molecular weight excluding hydrogens is 345 g/mol. The summed E-state index contributed by atoms with van der Waals surface area (Å²) < 4.78 is 24.2. The minimum atomic E-state index is -0.188. The Balaban J connectivity index is 1.77. The largest absolute Gasteiger partial charge is 0.493 e. The van der Waals surface area contributed by atoms with Crippen LogP contribution in [-0.4, -0.2) is 33.8 Å². The van der Waals surface area contributed by atoms with Gasteiger partial charge in [-0.15, -0.1) is 0 Å². The van der Waals surface area contributed by atoms with E-state index in [1.807, 2.05) is 24.3 Å². The van der Waals surface area contributed by atoms with Crippen LogP contribution in [0.2, 0.25) is 0 Å². The molecule has 0 saturated heterocycles. The molecule has 0 atom stereocenters. The van der Waals surface area contributed by atoms with E-state index in [4.69, 9.17) is 9.47 Å². The van der Waals surface area contributed by atoms with E-state index in [1.54, 1.807) is 40.3 Å². The zero-order chi connectivity index (χ0) is 19.6. The molecule has 0 saturated carbocycles. The van der Waals surface area contributed by atoms with Gasteiger partial charge in [-0.25, -0.2) is 4.39 Å². The molecule has 0 amide bonds. The van der Waals surface area contributed by atoms with Gasteiger partial charge in [-0.1, -0.05) is 18.2 Å². The number of nitrogens with one attached hydrogen (secondary N) is 2. The van der Waals surface area contributed by atoms with Crippen molar-refractivity contribution in [2.75, 3.05) is 27.8 Å². The highest BCUT2D eigenvalue weighted by molar-refractivity contribution is 5.79. The van der Waals surface area contributed by atoms with E-state index in [0.717, 1.165) is 36.4 Å². The van der Waals surface area contributed by atoms with Crippen LogP contribution in [0.25, 0.3) is 0 Å². The van der Waals surface area contributed by atoms with Crippen LogP contribution in [0, 0.1) is 12.7 Å². The van der Waals surface area contributed by atoms with Crippen molar-refractivity contribution in [3.63, 3.8) is 0 Å². The van der Waals surface area contributed by atoms with E-state index in [9.17, 15) is 4.39 Å². The smallest absolute Gasteiger partial charge is 0.191 e. The Morgan fingerprint density at radius 3 is 2.41 bits per heavy atom. The van der Waals surface area contributed by atoms with Gasteiger partial charge in [0.05, 0.1) is 14.2 Å². The third-order valence-corrected chi connectivity index (χ3v) is 4.30. The Hall–Kier alpha value is -2.76. The van der Waals surface area contributed by atoms with Crippen molar-refractivity contribution in [2.45, 2.75) is 26.3 Å². The van der Waals surface area contributed by atoms with Crippen LogP contribution in [0.5, 0.6) is 11.5 Å². The second kappa shape index (κ2) is 10.4. The molecule has 0 fully saturated rings. The molecule has 0 heterocycles. The summed E-state index contributed by atoms with van der Waals surface area (Å²) >= 11 is 0. The van der Waals surface area contributed by atoms with Crippen molar-refractivity contribution < 1.29 is 13.9 Å². The van der Waals surface area contributed by atoms with Crippen LogP contribution in [-0.2, 0) is 13.0 Å². The Labute approximate surface area is 160 Å². The first kappa shape index (κ1) is 20.6. The normalized spacial score (nSPS) is 11.2. The second-order valence-electron chi connectivity index (χ2n) is 6.23. The lowest BCUT2D eigenvalue weighted by atomic mass is 10.1. The number of methoxy groups -OCH3 is 2. The van der Waals surface area contributed by atoms with Crippen molar-refractivity contribution in [3.05, 3.63) is 58.9 Å². The highest BCUT2D eigenvalue weighted by Crippen LogP contribution is 2.27. The number of ether oxygens (including phenoxy) is 2. The number of aliphatic imine (C=N–C) groups is 1. The van der Waals surface area contributed by atoms with E-state index in [0.29, 0.717) is 18.1 Å². The predicted molar refractivity (Wildman–Crippen MR) is 107 cm³/mol. The van der Waals surface area contributed by atoms with Crippen LogP contribution in [0.4, 0.5) is 4.39 Å². The van der Waals surface area contributed by atoms with Crippen LogP contribution < -0.4 is 20.1 Å². The molecule has 5 nitrogen and oxygen atoms in total. The number of aryl methyl sites for hydroxylation is 2. The van der Waals surface area contributed by atoms with Gasteiger partial charge in [0.25, 0.3) is 0 Å². The summed E-state index contributed by atoms with van der Waals surface area (Å²) in [6, 6.07) is 11.2. The van der Waals surface area contributed by atoms with Crippen molar-refractivity contribution in [1.82, 2.24) is 10.6 Å². The van der Waals surface area contributed by atoms with Gasteiger partial charge in [0, 0.05) is 20.1 Å². The molecule has 0 aliphatic heterocycles. The average Bonchev–Trinajstić information content (AvgIpc) is 2.69. The maximum atomic E-state index is 13.6. The summed E-state index contributed by atoms with van der Waals surface area (Å²) in [5, 5.41) is 6.48. The van der Waals surface area contributed by atoms with Gasteiger partial charge in [-0.2, -0.15) is 0 Å². The lowest BCUT2D eigenvalue weighted by Crippen LogP contribution is -2.37. The van der Waals surface area contributed by atoms with E-state index >= 15 is 0 Å². The topological polar surface area (TPSA) is 54.9 Å². The molecule has 0 bridgehead atoms. The van der Waals surface area contributed by atoms with Crippen LogP contribution in [0.3, 0.4) is 0 Å². The number of hydrogen-bond donors (Lipinski definition) is 2. The Kier molecular flexibility index (Phi) is 7.92. The van der Waals surface area contributed by atoms with Crippen LogP contribution in [0.15, 0.2) is 41.4 Å². The van der Waals surface area contributed by atoms with Crippen LogP contribution in [0.1, 0.15) is 23.1 Å². The van der Waals surface area contributed by atoms with E-state index in [-0.39, 0.29) is 5.82 Å². The zero-order valence-corrected chi connectivity index (χ0v) is 16.4. The lowest BCUT2D eigenvalue weighted by Gasteiger charge is -2.13. The van der Waals surface area contributed by atoms with Gasteiger partial charge in [0.2, 0.25) is 0 Å². The molecule has 2 N–H and O–H groups in total. The summed E-state index contributed by atoms with van der Waals surface area (Å²) in [5.41, 5.74) is 2.72. The van der Waals surface area contributed by atoms with Crippen molar-refractivity contribution >= 4 is 5.96 Å². The van der Waals surface area contributed by atoms with E-state index in [1.165, 1.54) is 5.56 Å². The zero-order valence-electron chi connectivity index (χ0n) is 16.4. The molecule has 2 aromatic carbocycles. The van der Waals surface area contributed by atoms with E-state index < -0.39 is 0 Å². The Morgan fingerprint density at radius 2 is 1.74 bits per heavy atom. The monoisotopic (exact) mass is 373 g/mol. The first-order valence-electron chi connectivity index (χ1n) is 8.97. The Morgan fingerprint density at radius 1 is 1.00 bits per heavy atom. The summed E-state index contributed by atoms with van der Waals surface area (Å²) in [5.74, 6) is 1.98. The molecule has 2 aromatic rings. The highest BCUT2D eigenvalue weighted by atomic mass is 19.1. The second-order valence-corrected chi connectivity index (χ2v) is 6.23. The lowest BCUT2D eigenvalue weighted by molar-refractivity contribution is 0.354.